The van der Waals surface area contributed by atoms with Crippen molar-refractivity contribution in [3.8, 4) is 5.75 Å². The number of benzene rings is 1. The fourth-order valence-electron chi connectivity index (χ4n) is 0.833. The largest absolute Gasteiger partial charge is 0.463 e. The fraction of sp³-hybridized carbons (Fsp3) is 0.111. The summed E-state index contributed by atoms with van der Waals surface area (Å²) < 4.78 is 5.06. The van der Waals surface area contributed by atoms with Gasteiger partial charge in [0.2, 0.25) is 0 Å². The lowest BCUT2D eigenvalue weighted by Crippen LogP contribution is -1.91. The SMILES string of the molecule is C=COc1cc(C)ccc1N. The third kappa shape index (κ3) is 1.74. The van der Waals surface area contributed by atoms with Crippen LogP contribution in [-0.2, 0) is 0 Å². The van der Waals surface area contributed by atoms with Gasteiger partial charge in [-0.2, -0.15) is 0 Å². The van der Waals surface area contributed by atoms with Crippen LogP contribution in [0.25, 0.3) is 0 Å². The van der Waals surface area contributed by atoms with E-state index < -0.39 is 0 Å². The van der Waals surface area contributed by atoms with Crippen LogP contribution in [0.1, 0.15) is 5.56 Å². The summed E-state index contributed by atoms with van der Waals surface area (Å²) >= 11 is 0. The van der Waals surface area contributed by atoms with E-state index in [9.17, 15) is 0 Å². The Balaban J connectivity index is 3.01. The Hall–Kier alpha value is -1.44. The molecule has 0 amide bonds. The summed E-state index contributed by atoms with van der Waals surface area (Å²) in [6.45, 7) is 5.43. The first-order valence-corrected chi connectivity index (χ1v) is 3.37. The lowest BCUT2D eigenvalue weighted by Gasteiger charge is -2.03. The Kier molecular flexibility index (Phi) is 2.16. The number of rotatable bonds is 2. The number of aryl methyl sites for hydroxylation is 1. The first-order valence-electron chi connectivity index (χ1n) is 3.37. The molecule has 0 unspecified atom stereocenters. The average molecular weight is 149 g/mol. The van der Waals surface area contributed by atoms with Gasteiger partial charge in [0.15, 0.2) is 0 Å². The molecule has 2 N–H and O–H groups in total. The minimum absolute atomic E-state index is 0.635. The van der Waals surface area contributed by atoms with Gasteiger partial charge in [0.25, 0.3) is 0 Å². The summed E-state index contributed by atoms with van der Waals surface area (Å²) in [4.78, 5) is 0. The van der Waals surface area contributed by atoms with E-state index in [-0.39, 0.29) is 0 Å². The zero-order valence-electron chi connectivity index (χ0n) is 6.50. The van der Waals surface area contributed by atoms with E-state index in [4.69, 9.17) is 10.5 Å². The molecule has 0 bridgehead atoms. The number of hydrogen-bond donors (Lipinski definition) is 1. The molecule has 0 radical (unpaired) electrons. The third-order valence-corrected chi connectivity index (χ3v) is 1.38. The highest BCUT2D eigenvalue weighted by Gasteiger charge is 1.96. The van der Waals surface area contributed by atoms with Crippen molar-refractivity contribution in [1.82, 2.24) is 0 Å². The number of nitrogen functional groups attached to an aromatic ring is 1. The molecule has 1 aromatic rings. The molecule has 0 atom stereocenters. The Labute approximate surface area is 66.3 Å². The van der Waals surface area contributed by atoms with Crippen LogP contribution in [-0.4, -0.2) is 0 Å². The Morgan fingerprint density at radius 1 is 1.55 bits per heavy atom. The first-order chi connectivity index (χ1) is 5.24. The van der Waals surface area contributed by atoms with Gasteiger partial charge in [0, 0.05) is 0 Å². The molecule has 0 saturated carbocycles. The Morgan fingerprint density at radius 3 is 2.91 bits per heavy atom. The summed E-state index contributed by atoms with van der Waals surface area (Å²) in [6, 6.07) is 5.62. The van der Waals surface area contributed by atoms with Crippen molar-refractivity contribution < 1.29 is 4.74 Å². The van der Waals surface area contributed by atoms with Crippen LogP contribution in [0, 0.1) is 6.92 Å². The molecule has 2 heteroatoms. The van der Waals surface area contributed by atoms with Crippen LogP contribution in [0.15, 0.2) is 31.0 Å². The van der Waals surface area contributed by atoms with E-state index in [1.165, 1.54) is 6.26 Å². The molecule has 0 aliphatic heterocycles. The maximum atomic E-state index is 5.60. The van der Waals surface area contributed by atoms with Crippen molar-refractivity contribution in [2.24, 2.45) is 0 Å². The van der Waals surface area contributed by atoms with Gasteiger partial charge in [-0.3, -0.25) is 0 Å². The van der Waals surface area contributed by atoms with Crippen molar-refractivity contribution in [1.29, 1.82) is 0 Å². The molecular weight excluding hydrogens is 138 g/mol. The molecule has 0 aliphatic rings. The normalized spacial score (nSPS) is 9.18. The van der Waals surface area contributed by atoms with E-state index in [2.05, 4.69) is 6.58 Å². The molecule has 58 valence electrons. The van der Waals surface area contributed by atoms with Gasteiger partial charge in [-0.1, -0.05) is 12.6 Å². The number of ether oxygens (including phenoxy) is 1. The lowest BCUT2D eigenvalue weighted by molar-refractivity contribution is 0.485. The van der Waals surface area contributed by atoms with Crippen LogP contribution in [0.3, 0.4) is 0 Å². The van der Waals surface area contributed by atoms with Crippen LogP contribution in [0.5, 0.6) is 5.75 Å². The van der Waals surface area contributed by atoms with Crippen molar-refractivity contribution in [2.45, 2.75) is 6.92 Å². The van der Waals surface area contributed by atoms with Gasteiger partial charge >= 0.3 is 0 Å². The molecule has 0 saturated heterocycles. The monoisotopic (exact) mass is 149 g/mol. The fourth-order valence-corrected chi connectivity index (χ4v) is 0.833. The van der Waals surface area contributed by atoms with Gasteiger partial charge < -0.3 is 10.5 Å². The minimum atomic E-state index is 0.635. The zero-order valence-corrected chi connectivity index (χ0v) is 6.50. The number of hydrogen-bond acceptors (Lipinski definition) is 2. The molecule has 1 rings (SSSR count). The number of nitrogens with two attached hydrogens (primary N) is 1. The van der Waals surface area contributed by atoms with Crippen molar-refractivity contribution >= 4 is 5.69 Å². The zero-order chi connectivity index (χ0) is 8.27. The van der Waals surface area contributed by atoms with Gasteiger partial charge in [-0.15, -0.1) is 0 Å². The second-order valence-electron chi connectivity index (χ2n) is 2.33. The van der Waals surface area contributed by atoms with E-state index in [1.807, 2.05) is 25.1 Å². The Morgan fingerprint density at radius 2 is 2.27 bits per heavy atom. The summed E-state index contributed by atoms with van der Waals surface area (Å²) in [5.41, 5.74) is 7.36. The van der Waals surface area contributed by atoms with Crippen LogP contribution in [0.2, 0.25) is 0 Å². The molecule has 1 aromatic carbocycles. The summed E-state index contributed by atoms with van der Waals surface area (Å²) in [7, 11) is 0. The second-order valence-corrected chi connectivity index (χ2v) is 2.33. The maximum Gasteiger partial charge on any atom is 0.149 e. The van der Waals surface area contributed by atoms with Gasteiger partial charge in [0.1, 0.15) is 5.75 Å². The number of anilines is 1. The average Bonchev–Trinajstić information content (AvgIpc) is 1.98. The summed E-state index contributed by atoms with van der Waals surface area (Å²) in [5, 5.41) is 0. The second kappa shape index (κ2) is 3.10. The molecular formula is C9H11NO. The van der Waals surface area contributed by atoms with Crippen molar-refractivity contribution in [3.63, 3.8) is 0 Å². The molecule has 0 spiro atoms. The summed E-state index contributed by atoms with van der Waals surface area (Å²) in [5.74, 6) is 0.667. The highest BCUT2D eigenvalue weighted by Crippen LogP contribution is 2.22. The highest BCUT2D eigenvalue weighted by atomic mass is 16.5. The van der Waals surface area contributed by atoms with Gasteiger partial charge in [-0.25, -0.2) is 0 Å². The van der Waals surface area contributed by atoms with E-state index in [0.717, 1.165) is 5.56 Å². The van der Waals surface area contributed by atoms with Crippen LogP contribution >= 0.6 is 0 Å². The molecule has 0 aromatic heterocycles. The highest BCUT2D eigenvalue weighted by molar-refractivity contribution is 5.53. The molecule has 0 heterocycles. The van der Waals surface area contributed by atoms with E-state index in [0.29, 0.717) is 11.4 Å². The van der Waals surface area contributed by atoms with Crippen LogP contribution in [0.4, 0.5) is 5.69 Å². The smallest absolute Gasteiger partial charge is 0.149 e. The minimum Gasteiger partial charge on any atom is -0.463 e. The molecule has 0 fully saturated rings. The predicted molar refractivity (Wildman–Crippen MR) is 46.4 cm³/mol. The van der Waals surface area contributed by atoms with Crippen molar-refractivity contribution in [3.05, 3.63) is 36.6 Å². The lowest BCUT2D eigenvalue weighted by atomic mass is 10.2. The molecule has 2 nitrogen and oxygen atoms in total. The first kappa shape index (κ1) is 7.66. The van der Waals surface area contributed by atoms with E-state index >= 15 is 0 Å². The predicted octanol–water partition coefficient (Wildman–Crippen LogP) is 2.10. The third-order valence-electron chi connectivity index (χ3n) is 1.38. The Bertz CT molecular complexity index is 268. The van der Waals surface area contributed by atoms with E-state index in [1.54, 1.807) is 0 Å². The van der Waals surface area contributed by atoms with Crippen LogP contribution < -0.4 is 10.5 Å². The van der Waals surface area contributed by atoms with Gasteiger partial charge in [-0.05, 0) is 24.6 Å². The summed E-state index contributed by atoms with van der Waals surface area (Å²) in [6.07, 6.45) is 1.37. The molecule has 0 aliphatic carbocycles. The molecule has 11 heavy (non-hydrogen) atoms. The van der Waals surface area contributed by atoms with Gasteiger partial charge in [0.05, 0.1) is 11.9 Å². The van der Waals surface area contributed by atoms with Crippen molar-refractivity contribution in [2.75, 3.05) is 5.73 Å². The topological polar surface area (TPSA) is 35.2 Å². The maximum absolute atomic E-state index is 5.60. The standard InChI is InChI=1S/C9H11NO/c1-3-11-9-6-7(2)4-5-8(9)10/h3-6H,1,10H2,2H3. The quantitative estimate of drug-likeness (QED) is 0.516.